The minimum Gasteiger partial charge on any atom is -0.494 e. The van der Waals surface area contributed by atoms with Crippen LogP contribution in [0.25, 0.3) is 0 Å². The molecule has 3 aromatic rings. The zero-order chi connectivity index (χ0) is 23.5. The number of hydrogen-bond donors (Lipinski definition) is 2. The van der Waals surface area contributed by atoms with Gasteiger partial charge in [0.2, 0.25) is 0 Å². The van der Waals surface area contributed by atoms with Crippen molar-refractivity contribution in [1.82, 2.24) is 5.32 Å². The summed E-state index contributed by atoms with van der Waals surface area (Å²) in [5.41, 5.74) is 2.56. The molecule has 0 aromatic heterocycles. The first-order chi connectivity index (χ1) is 16.0. The molecule has 0 unspecified atom stereocenters. The summed E-state index contributed by atoms with van der Waals surface area (Å²) in [6.45, 7) is 3.31. The van der Waals surface area contributed by atoms with Crippen LogP contribution in [0.3, 0.4) is 0 Å². The topological polar surface area (TPSA) is 59.6 Å². The molecule has 5 nitrogen and oxygen atoms in total. The number of thiocarbonyl (C=S) groups is 1. The van der Waals surface area contributed by atoms with E-state index in [-0.39, 0.29) is 11.0 Å². The first kappa shape index (κ1) is 24.7. The molecule has 0 radical (unpaired) electrons. The molecule has 0 heterocycles. The lowest BCUT2D eigenvalue weighted by atomic mass is 10.1. The number of carbonyl (C=O) groups excluding carboxylic acids is 1. The third kappa shape index (κ3) is 8.18. The summed E-state index contributed by atoms with van der Waals surface area (Å²) >= 11 is 8.72. The van der Waals surface area contributed by atoms with Gasteiger partial charge in [0.25, 0.3) is 5.91 Å². The fourth-order valence-corrected chi connectivity index (χ4v) is 3.76. The van der Waals surface area contributed by atoms with Crippen LogP contribution in [0.2, 0.25) is 0 Å². The predicted octanol–water partition coefficient (Wildman–Crippen LogP) is 6.38. The predicted molar refractivity (Wildman–Crippen MR) is 140 cm³/mol. The molecule has 2 N–H and O–H groups in total. The normalized spacial score (nSPS) is 10.4. The monoisotopic (exact) mass is 526 g/mol. The lowest BCUT2D eigenvalue weighted by Crippen LogP contribution is -2.34. The van der Waals surface area contributed by atoms with Gasteiger partial charge in [-0.1, -0.05) is 37.3 Å². The van der Waals surface area contributed by atoms with Crippen LogP contribution in [0.4, 0.5) is 5.69 Å². The van der Waals surface area contributed by atoms with Gasteiger partial charge in [-0.15, -0.1) is 0 Å². The summed E-state index contributed by atoms with van der Waals surface area (Å²) in [7, 11) is 0. The number of hydrogen-bond acceptors (Lipinski definition) is 4. The van der Waals surface area contributed by atoms with E-state index in [2.05, 4.69) is 38.7 Å². The summed E-state index contributed by atoms with van der Waals surface area (Å²) in [6.07, 6.45) is 2.84. The molecule has 0 aliphatic rings. The molecule has 0 spiro atoms. The molecule has 3 rings (SSSR count). The van der Waals surface area contributed by atoms with Gasteiger partial charge < -0.3 is 14.8 Å². The van der Waals surface area contributed by atoms with Crippen LogP contribution in [0.5, 0.6) is 11.5 Å². The number of rotatable bonds is 10. The van der Waals surface area contributed by atoms with E-state index in [1.54, 1.807) is 18.2 Å². The van der Waals surface area contributed by atoms with Crippen molar-refractivity contribution in [3.8, 4) is 11.5 Å². The van der Waals surface area contributed by atoms with Crippen molar-refractivity contribution >= 4 is 44.9 Å². The maximum Gasteiger partial charge on any atom is 0.257 e. The van der Waals surface area contributed by atoms with Crippen LogP contribution in [0, 0.1) is 0 Å². The number of nitrogens with one attached hydrogen (secondary N) is 2. The van der Waals surface area contributed by atoms with E-state index in [1.807, 2.05) is 49.4 Å². The van der Waals surface area contributed by atoms with E-state index in [0.29, 0.717) is 24.5 Å². The van der Waals surface area contributed by atoms with E-state index in [9.17, 15) is 4.79 Å². The van der Waals surface area contributed by atoms with Crippen molar-refractivity contribution in [2.45, 2.75) is 26.2 Å². The summed E-state index contributed by atoms with van der Waals surface area (Å²) in [5, 5.41) is 5.94. The lowest BCUT2D eigenvalue weighted by Gasteiger charge is -2.12. The number of benzene rings is 3. The second kappa shape index (κ2) is 13.0. The Balaban J connectivity index is 1.43. The van der Waals surface area contributed by atoms with Crippen molar-refractivity contribution < 1.29 is 14.3 Å². The Hall–Kier alpha value is -2.90. The van der Waals surface area contributed by atoms with E-state index >= 15 is 0 Å². The van der Waals surface area contributed by atoms with Crippen molar-refractivity contribution in [3.63, 3.8) is 0 Å². The Bertz CT molecular complexity index is 1060. The molecular weight excluding hydrogens is 500 g/mol. The van der Waals surface area contributed by atoms with Crippen LogP contribution in [-0.4, -0.2) is 24.2 Å². The summed E-state index contributed by atoms with van der Waals surface area (Å²) in [5.74, 6) is 1.20. The first-order valence-electron chi connectivity index (χ1n) is 10.9. The van der Waals surface area contributed by atoms with Gasteiger partial charge in [-0.2, -0.15) is 0 Å². The fourth-order valence-electron chi connectivity index (χ4n) is 3.05. The second-order valence-electron chi connectivity index (χ2n) is 7.36. The Morgan fingerprint density at radius 3 is 2.42 bits per heavy atom. The van der Waals surface area contributed by atoms with Crippen LogP contribution >= 0.6 is 28.1 Å². The SMILES string of the molecule is CCCOc1ccc(C(=O)NC(=S)Nc2ccc(OCCCc3ccccc3)cc2)cc1Br. The van der Waals surface area contributed by atoms with Crippen molar-refractivity contribution in [1.29, 1.82) is 0 Å². The van der Waals surface area contributed by atoms with Gasteiger partial charge in [-0.05, 0) is 95.4 Å². The van der Waals surface area contributed by atoms with Crippen LogP contribution in [-0.2, 0) is 6.42 Å². The van der Waals surface area contributed by atoms with Gasteiger partial charge in [-0.25, -0.2) is 0 Å². The summed E-state index contributed by atoms with van der Waals surface area (Å²) < 4.78 is 12.1. The van der Waals surface area contributed by atoms with Gasteiger partial charge >= 0.3 is 0 Å². The summed E-state index contributed by atoms with van der Waals surface area (Å²) in [4.78, 5) is 12.5. The van der Waals surface area contributed by atoms with E-state index in [0.717, 1.165) is 35.2 Å². The highest BCUT2D eigenvalue weighted by atomic mass is 79.9. The average molecular weight is 527 g/mol. The van der Waals surface area contributed by atoms with Crippen LogP contribution in [0.15, 0.2) is 77.3 Å². The molecule has 3 aromatic carbocycles. The molecule has 7 heteroatoms. The zero-order valence-electron chi connectivity index (χ0n) is 18.5. The van der Waals surface area contributed by atoms with Gasteiger partial charge in [0, 0.05) is 11.3 Å². The molecule has 1 amide bonds. The highest BCUT2D eigenvalue weighted by Gasteiger charge is 2.11. The molecule has 0 atom stereocenters. The fraction of sp³-hybridized carbons (Fsp3) is 0.231. The highest BCUT2D eigenvalue weighted by molar-refractivity contribution is 9.10. The first-order valence-corrected chi connectivity index (χ1v) is 12.1. The smallest absolute Gasteiger partial charge is 0.257 e. The standard InChI is InChI=1S/C26H27BrN2O3S/c1-2-16-32-24-15-10-20(18-23(24)27)25(30)29-26(33)28-21-11-13-22(14-12-21)31-17-6-9-19-7-4-3-5-8-19/h3-5,7-8,10-15,18H,2,6,9,16-17H2,1H3,(H2,28,29,30,33). The molecule has 33 heavy (non-hydrogen) atoms. The van der Waals surface area contributed by atoms with Gasteiger partial charge in [-0.3, -0.25) is 10.1 Å². The highest BCUT2D eigenvalue weighted by Crippen LogP contribution is 2.26. The average Bonchev–Trinajstić information content (AvgIpc) is 2.82. The Morgan fingerprint density at radius 2 is 1.73 bits per heavy atom. The Labute approximate surface area is 208 Å². The number of carbonyl (C=O) groups is 1. The molecule has 0 saturated heterocycles. The number of halogens is 1. The Kier molecular flexibility index (Phi) is 9.72. The maximum atomic E-state index is 12.5. The molecule has 0 fully saturated rings. The zero-order valence-corrected chi connectivity index (χ0v) is 20.9. The molecule has 0 aliphatic carbocycles. The van der Waals surface area contributed by atoms with E-state index in [1.165, 1.54) is 5.56 Å². The molecule has 0 aliphatic heterocycles. The van der Waals surface area contributed by atoms with Gasteiger partial charge in [0.15, 0.2) is 5.11 Å². The van der Waals surface area contributed by atoms with E-state index in [4.69, 9.17) is 21.7 Å². The van der Waals surface area contributed by atoms with Crippen molar-refractivity contribution in [2.24, 2.45) is 0 Å². The molecule has 172 valence electrons. The maximum absolute atomic E-state index is 12.5. The van der Waals surface area contributed by atoms with Crippen molar-refractivity contribution in [3.05, 3.63) is 88.4 Å². The molecular formula is C26H27BrN2O3S. The number of amides is 1. The third-order valence-corrected chi connectivity index (χ3v) is 5.54. The number of anilines is 1. The second-order valence-corrected chi connectivity index (χ2v) is 8.63. The molecule has 0 bridgehead atoms. The minimum atomic E-state index is -0.298. The Morgan fingerprint density at radius 1 is 0.970 bits per heavy atom. The van der Waals surface area contributed by atoms with Crippen LogP contribution in [0.1, 0.15) is 35.7 Å². The lowest BCUT2D eigenvalue weighted by molar-refractivity contribution is 0.0977. The number of ether oxygens (including phenoxy) is 2. The van der Waals surface area contributed by atoms with Crippen molar-refractivity contribution in [2.75, 3.05) is 18.5 Å². The summed E-state index contributed by atoms with van der Waals surface area (Å²) in [6, 6.07) is 23.0. The number of aryl methyl sites for hydroxylation is 1. The third-order valence-electron chi connectivity index (χ3n) is 4.72. The quantitative estimate of drug-likeness (QED) is 0.237. The van der Waals surface area contributed by atoms with E-state index < -0.39 is 0 Å². The van der Waals surface area contributed by atoms with Gasteiger partial charge in [0.1, 0.15) is 11.5 Å². The van der Waals surface area contributed by atoms with Gasteiger partial charge in [0.05, 0.1) is 17.7 Å². The largest absolute Gasteiger partial charge is 0.494 e. The minimum absolute atomic E-state index is 0.221. The van der Waals surface area contributed by atoms with Crippen LogP contribution < -0.4 is 20.1 Å². The molecule has 0 saturated carbocycles.